The summed E-state index contributed by atoms with van der Waals surface area (Å²) in [7, 11) is 0. The van der Waals surface area contributed by atoms with E-state index in [-0.39, 0.29) is 0 Å². The zero-order valence-electron chi connectivity index (χ0n) is 22.4. The molecule has 0 saturated heterocycles. The topological polar surface area (TPSA) is 40.5 Å². The largest absolute Gasteiger partial charge is 0.390 e. The van der Waals surface area contributed by atoms with Gasteiger partial charge in [0.05, 0.1) is 11.7 Å². The zero-order chi connectivity index (χ0) is 24.2. The molecule has 1 saturated carbocycles. The predicted octanol–water partition coefficient (Wildman–Crippen LogP) is 8.15. The van der Waals surface area contributed by atoms with Gasteiger partial charge in [-0.25, -0.2) is 0 Å². The first-order chi connectivity index (χ1) is 14.8. The number of hydrogen-bond acceptors (Lipinski definition) is 2. The van der Waals surface area contributed by atoms with E-state index < -0.39 is 11.7 Å². The lowest BCUT2D eigenvalue weighted by molar-refractivity contribution is -0.0509. The van der Waals surface area contributed by atoms with Crippen molar-refractivity contribution in [1.82, 2.24) is 0 Å². The number of aliphatic hydroxyl groups excluding tert-OH is 1. The van der Waals surface area contributed by atoms with Gasteiger partial charge in [0, 0.05) is 0 Å². The van der Waals surface area contributed by atoms with Gasteiger partial charge in [0.2, 0.25) is 0 Å². The molecule has 0 heterocycles. The van der Waals surface area contributed by atoms with Crippen molar-refractivity contribution < 1.29 is 10.2 Å². The van der Waals surface area contributed by atoms with Crippen molar-refractivity contribution in [3.8, 4) is 0 Å². The third-order valence-corrected chi connectivity index (χ3v) is 8.90. The van der Waals surface area contributed by atoms with Crippen LogP contribution >= 0.6 is 0 Å². The SMILES string of the molecule is CC1=CC[C@H]2C(C)(C)CCC[C@]2(C)[C@H]1CC/C=C(\C)CC/C=C(\C)CC[C@@H](O)C(C)(C)O. The maximum atomic E-state index is 10.0. The van der Waals surface area contributed by atoms with Crippen molar-refractivity contribution in [3.05, 3.63) is 34.9 Å². The Hall–Kier alpha value is -0.860. The minimum Gasteiger partial charge on any atom is -0.390 e. The lowest BCUT2D eigenvalue weighted by Crippen LogP contribution is -2.48. The molecule has 0 aromatic rings. The summed E-state index contributed by atoms with van der Waals surface area (Å²) in [6.45, 7) is 17.7. The van der Waals surface area contributed by atoms with Crippen LogP contribution < -0.4 is 0 Å². The first kappa shape index (κ1) is 27.4. The molecule has 0 aliphatic heterocycles. The molecule has 0 spiro atoms. The third-order valence-electron chi connectivity index (χ3n) is 8.90. The van der Waals surface area contributed by atoms with Gasteiger partial charge >= 0.3 is 0 Å². The molecule has 32 heavy (non-hydrogen) atoms. The highest BCUT2D eigenvalue weighted by Crippen LogP contribution is 2.60. The van der Waals surface area contributed by atoms with Gasteiger partial charge in [-0.15, -0.1) is 0 Å². The van der Waals surface area contributed by atoms with Crippen molar-refractivity contribution in [2.45, 2.75) is 131 Å². The fourth-order valence-corrected chi connectivity index (χ4v) is 6.66. The van der Waals surface area contributed by atoms with Crippen LogP contribution in [0.3, 0.4) is 0 Å². The average molecular weight is 445 g/mol. The minimum atomic E-state index is -1.02. The number of aliphatic hydroxyl groups is 2. The smallest absolute Gasteiger partial charge is 0.0849 e. The first-order valence-corrected chi connectivity index (χ1v) is 13.2. The van der Waals surface area contributed by atoms with Crippen LogP contribution in [-0.2, 0) is 0 Å². The van der Waals surface area contributed by atoms with E-state index in [0.29, 0.717) is 17.3 Å². The van der Waals surface area contributed by atoms with Crippen LogP contribution in [0.1, 0.15) is 120 Å². The number of allylic oxidation sites excluding steroid dienone is 6. The molecule has 2 aliphatic rings. The monoisotopic (exact) mass is 444 g/mol. The van der Waals surface area contributed by atoms with E-state index in [1.165, 1.54) is 49.7 Å². The standard InChI is InChI=1S/C30H52O2/c1-22(12-9-13-23(2)16-19-27(31)29(6,7)32)14-10-15-25-24(3)17-18-26-28(4,5)20-11-21-30(25,26)8/h13-14,17,25-27,31-32H,9-12,15-16,18-21H2,1-8H3/b22-14+,23-13+/t25-,26-,27+,30+/m0/s1. The maximum Gasteiger partial charge on any atom is 0.0849 e. The van der Waals surface area contributed by atoms with Crippen molar-refractivity contribution in [2.24, 2.45) is 22.7 Å². The van der Waals surface area contributed by atoms with Gasteiger partial charge in [0.1, 0.15) is 0 Å². The van der Waals surface area contributed by atoms with Crippen LogP contribution in [0.5, 0.6) is 0 Å². The van der Waals surface area contributed by atoms with E-state index in [1.807, 2.05) is 0 Å². The Bertz CT molecular complexity index is 703. The molecule has 2 rings (SSSR count). The Morgan fingerprint density at radius 3 is 2.38 bits per heavy atom. The zero-order valence-corrected chi connectivity index (χ0v) is 22.4. The van der Waals surface area contributed by atoms with Crippen molar-refractivity contribution in [3.63, 3.8) is 0 Å². The van der Waals surface area contributed by atoms with E-state index in [2.05, 4.69) is 59.8 Å². The van der Waals surface area contributed by atoms with Crippen molar-refractivity contribution in [2.75, 3.05) is 0 Å². The summed E-state index contributed by atoms with van der Waals surface area (Å²) in [5, 5.41) is 19.9. The maximum absolute atomic E-state index is 10.0. The Labute approximate surface area is 199 Å². The number of rotatable bonds is 10. The van der Waals surface area contributed by atoms with Gasteiger partial charge in [0.25, 0.3) is 0 Å². The second kappa shape index (κ2) is 11.0. The number of hydrogen-bond donors (Lipinski definition) is 2. The van der Waals surface area contributed by atoms with Crippen molar-refractivity contribution >= 4 is 0 Å². The van der Waals surface area contributed by atoms with Gasteiger partial charge in [-0.1, -0.05) is 62.1 Å². The second-order valence-electron chi connectivity index (χ2n) is 12.6. The summed E-state index contributed by atoms with van der Waals surface area (Å²) in [4.78, 5) is 0. The van der Waals surface area contributed by atoms with Crippen LogP contribution in [0.15, 0.2) is 34.9 Å². The van der Waals surface area contributed by atoms with Gasteiger partial charge in [0.15, 0.2) is 0 Å². The van der Waals surface area contributed by atoms with Crippen LogP contribution in [0, 0.1) is 22.7 Å². The highest BCUT2D eigenvalue weighted by atomic mass is 16.3. The molecule has 2 N–H and O–H groups in total. The van der Waals surface area contributed by atoms with Crippen LogP contribution in [-0.4, -0.2) is 21.9 Å². The lowest BCUT2D eigenvalue weighted by Gasteiger charge is -2.57. The second-order valence-corrected chi connectivity index (χ2v) is 12.6. The summed E-state index contributed by atoms with van der Waals surface area (Å²) in [5.74, 6) is 1.56. The van der Waals surface area contributed by atoms with E-state index in [0.717, 1.165) is 31.1 Å². The molecule has 2 nitrogen and oxygen atoms in total. The Balaban J connectivity index is 1.84. The van der Waals surface area contributed by atoms with E-state index in [9.17, 15) is 10.2 Å². The number of fused-ring (bicyclic) bond motifs is 1. The predicted molar refractivity (Wildman–Crippen MR) is 139 cm³/mol. The van der Waals surface area contributed by atoms with E-state index in [4.69, 9.17) is 0 Å². The highest BCUT2D eigenvalue weighted by Gasteiger charge is 2.51. The first-order valence-electron chi connectivity index (χ1n) is 13.2. The van der Waals surface area contributed by atoms with Gasteiger partial charge in [-0.3, -0.25) is 0 Å². The van der Waals surface area contributed by atoms with Crippen LogP contribution in [0.4, 0.5) is 0 Å². The summed E-state index contributed by atoms with van der Waals surface area (Å²) >= 11 is 0. The molecule has 0 radical (unpaired) electrons. The molecule has 0 bridgehead atoms. The summed E-state index contributed by atoms with van der Waals surface area (Å²) in [5.41, 5.74) is 4.36. The highest BCUT2D eigenvalue weighted by molar-refractivity contribution is 5.18. The fraction of sp³-hybridized carbons (Fsp3) is 0.800. The molecule has 0 aromatic heterocycles. The molecular formula is C30H52O2. The summed E-state index contributed by atoms with van der Waals surface area (Å²) in [6, 6.07) is 0. The van der Waals surface area contributed by atoms with Crippen molar-refractivity contribution in [1.29, 1.82) is 0 Å². The molecule has 0 aromatic carbocycles. The molecule has 0 amide bonds. The molecule has 184 valence electrons. The Morgan fingerprint density at radius 2 is 1.72 bits per heavy atom. The molecular weight excluding hydrogens is 392 g/mol. The summed E-state index contributed by atoms with van der Waals surface area (Å²) < 4.78 is 0. The molecule has 2 aliphatic carbocycles. The van der Waals surface area contributed by atoms with Gasteiger partial charge in [-0.2, -0.15) is 0 Å². The molecule has 1 fully saturated rings. The van der Waals surface area contributed by atoms with E-state index in [1.54, 1.807) is 19.4 Å². The quantitative estimate of drug-likeness (QED) is 0.334. The van der Waals surface area contributed by atoms with Crippen LogP contribution in [0.25, 0.3) is 0 Å². The lowest BCUT2D eigenvalue weighted by atomic mass is 9.48. The molecule has 0 unspecified atom stereocenters. The Morgan fingerprint density at radius 1 is 1.09 bits per heavy atom. The Kier molecular flexibility index (Phi) is 9.45. The average Bonchev–Trinajstić information content (AvgIpc) is 2.66. The molecule has 2 heteroatoms. The van der Waals surface area contributed by atoms with Gasteiger partial charge < -0.3 is 10.2 Å². The third kappa shape index (κ3) is 7.07. The van der Waals surface area contributed by atoms with Crippen LogP contribution in [0.2, 0.25) is 0 Å². The molecule has 4 atom stereocenters. The minimum absolute atomic E-state index is 0.468. The van der Waals surface area contributed by atoms with Gasteiger partial charge in [-0.05, 0) is 115 Å². The summed E-state index contributed by atoms with van der Waals surface area (Å²) in [6.07, 6.45) is 18.2. The fourth-order valence-electron chi connectivity index (χ4n) is 6.66. The normalized spacial score (nSPS) is 30.0. The van der Waals surface area contributed by atoms with E-state index >= 15 is 0 Å².